The smallest absolute Gasteiger partial charge is 0.194 e. The first kappa shape index (κ1) is 22.2. The van der Waals surface area contributed by atoms with Crippen molar-refractivity contribution in [3.05, 3.63) is 18.2 Å². The summed E-state index contributed by atoms with van der Waals surface area (Å²) in [6.45, 7) is 16.2. The minimum absolute atomic E-state index is 0. The van der Waals surface area contributed by atoms with E-state index in [1.54, 1.807) is 0 Å². The maximum atomic E-state index is 4.48. The summed E-state index contributed by atoms with van der Waals surface area (Å²) in [7, 11) is 1.86. The first-order valence-electron chi connectivity index (χ1n) is 9.17. The number of hydrogen-bond acceptors (Lipinski definition) is 3. The number of imidazole rings is 1. The highest BCUT2D eigenvalue weighted by molar-refractivity contribution is 14.0. The van der Waals surface area contributed by atoms with E-state index in [9.17, 15) is 0 Å². The van der Waals surface area contributed by atoms with Crippen LogP contribution < -0.4 is 5.32 Å². The topological polar surface area (TPSA) is 48.7 Å². The summed E-state index contributed by atoms with van der Waals surface area (Å²) in [6, 6.07) is 0. The first-order valence-corrected chi connectivity index (χ1v) is 9.17. The highest BCUT2D eigenvalue weighted by Gasteiger charge is 2.20. The zero-order valence-electron chi connectivity index (χ0n) is 16.4. The molecule has 0 aromatic carbocycles. The third-order valence-corrected chi connectivity index (χ3v) is 4.28. The molecule has 7 heteroatoms. The van der Waals surface area contributed by atoms with Gasteiger partial charge in [-0.05, 0) is 11.8 Å². The van der Waals surface area contributed by atoms with Gasteiger partial charge in [0.05, 0.1) is 6.54 Å². The number of halogens is 1. The molecule has 1 N–H and O–H groups in total. The lowest BCUT2D eigenvalue weighted by atomic mass is 10.2. The van der Waals surface area contributed by atoms with Crippen molar-refractivity contribution in [1.82, 2.24) is 24.7 Å². The molecule has 0 unspecified atom stereocenters. The molecule has 0 radical (unpaired) electrons. The van der Waals surface area contributed by atoms with Crippen LogP contribution in [0.1, 0.15) is 33.5 Å². The number of piperazine rings is 1. The monoisotopic (exact) mass is 462 g/mol. The third kappa shape index (κ3) is 7.13. The van der Waals surface area contributed by atoms with Crippen LogP contribution in [0, 0.1) is 11.8 Å². The van der Waals surface area contributed by atoms with E-state index in [1.807, 2.05) is 13.2 Å². The van der Waals surface area contributed by atoms with Gasteiger partial charge in [-0.1, -0.05) is 27.7 Å². The van der Waals surface area contributed by atoms with Gasteiger partial charge in [-0.2, -0.15) is 0 Å². The van der Waals surface area contributed by atoms with Gasteiger partial charge in [0.25, 0.3) is 0 Å². The number of nitrogens with one attached hydrogen (secondary N) is 1. The van der Waals surface area contributed by atoms with Crippen molar-refractivity contribution in [3.63, 3.8) is 0 Å². The predicted octanol–water partition coefficient (Wildman–Crippen LogP) is 2.51. The molecule has 0 bridgehead atoms. The maximum absolute atomic E-state index is 4.48. The number of hydrogen-bond donors (Lipinski definition) is 1. The molecular weight excluding hydrogens is 427 g/mol. The lowest BCUT2D eigenvalue weighted by Gasteiger charge is -2.37. The van der Waals surface area contributed by atoms with E-state index in [2.05, 4.69) is 63.6 Å². The number of aliphatic imine (C=N–C) groups is 1. The molecule has 0 aliphatic carbocycles. The lowest BCUT2D eigenvalue weighted by Crippen LogP contribution is -2.52. The maximum Gasteiger partial charge on any atom is 0.194 e. The van der Waals surface area contributed by atoms with Crippen molar-refractivity contribution in [2.45, 2.75) is 40.8 Å². The van der Waals surface area contributed by atoms with Crippen LogP contribution in [-0.4, -0.2) is 65.1 Å². The minimum atomic E-state index is 0. The van der Waals surface area contributed by atoms with Crippen LogP contribution in [0.3, 0.4) is 0 Å². The molecule has 1 fully saturated rings. The molecule has 2 heterocycles. The van der Waals surface area contributed by atoms with Crippen LogP contribution in [0.2, 0.25) is 0 Å². The first-order chi connectivity index (χ1) is 11.5. The third-order valence-electron chi connectivity index (χ3n) is 4.28. The van der Waals surface area contributed by atoms with Gasteiger partial charge in [-0.25, -0.2) is 4.98 Å². The van der Waals surface area contributed by atoms with Gasteiger partial charge in [-0.3, -0.25) is 9.89 Å². The fourth-order valence-corrected chi connectivity index (χ4v) is 3.22. The Morgan fingerprint density at radius 1 is 1.12 bits per heavy atom. The molecule has 1 aromatic heterocycles. The molecular formula is C18H35IN6. The summed E-state index contributed by atoms with van der Waals surface area (Å²) < 4.78 is 2.23. The molecule has 0 amide bonds. The SMILES string of the molecule is CN=C(NCc1nccn1CC(C)C)N1CCN(CC(C)C)CC1.I. The van der Waals surface area contributed by atoms with Crippen molar-refractivity contribution >= 4 is 29.9 Å². The Kier molecular flexibility index (Phi) is 9.78. The average molecular weight is 462 g/mol. The number of rotatable bonds is 6. The van der Waals surface area contributed by atoms with Crippen molar-refractivity contribution in [1.29, 1.82) is 0 Å². The molecule has 0 spiro atoms. The Labute approximate surface area is 170 Å². The van der Waals surface area contributed by atoms with Gasteiger partial charge >= 0.3 is 0 Å². The van der Waals surface area contributed by atoms with E-state index in [0.717, 1.165) is 57.0 Å². The van der Waals surface area contributed by atoms with Gasteiger partial charge in [0.15, 0.2) is 5.96 Å². The standard InChI is InChI=1S/C18H34N6.HI/c1-15(2)13-22-8-10-23(11-9-22)18(19-5)21-12-17-20-6-7-24(17)14-16(3)4;/h6-7,15-16H,8-14H2,1-5H3,(H,19,21);1H. The van der Waals surface area contributed by atoms with Gasteiger partial charge in [0, 0.05) is 58.7 Å². The predicted molar refractivity (Wildman–Crippen MR) is 116 cm³/mol. The van der Waals surface area contributed by atoms with Gasteiger partial charge in [0.2, 0.25) is 0 Å². The van der Waals surface area contributed by atoms with Crippen molar-refractivity contribution in [2.75, 3.05) is 39.8 Å². The van der Waals surface area contributed by atoms with Crippen LogP contribution in [-0.2, 0) is 13.1 Å². The zero-order chi connectivity index (χ0) is 17.5. The Balaban J connectivity index is 0.00000312. The molecule has 1 aliphatic heterocycles. The highest BCUT2D eigenvalue weighted by atomic mass is 127. The van der Waals surface area contributed by atoms with Gasteiger partial charge < -0.3 is 14.8 Å². The van der Waals surface area contributed by atoms with E-state index in [-0.39, 0.29) is 24.0 Å². The molecule has 2 rings (SSSR count). The van der Waals surface area contributed by atoms with Crippen LogP contribution in [0.25, 0.3) is 0 Å². The molecule has 144 valence electrons. The van der Waals surface area contributed by atoms with Crippen LogP contribution in [0.15, 0.2) is 17.4 Å². The molecule has 1 aromatic rings. The number of guanidine groups is 1. The molecule has 0 saturated carbocycles. The lowest BCUT2D eigenvalue weighted by molar-refractivity contribution is 0.164. The van der Waals surface area contributed by atoms with Crippen molar-refractivity contribution < 1.29 is 0 Å². The molecule has 1 saturated heterocycles. The van der Waals surface area contributed by atoms with Crippen LogP contribution in [0.4, 0.5) is 0 Å². The Bertz CT molecular complexity index is 517. The van der Waals surface area contributed by atoms with E-state index in [4.69, 9.17) is 0 Å². The summed E-state index contributed by atoms with van der Waals surface area (Å²) in [5, 5.41) is 3.48. The summed E-state index contributed by atoms with van der Waals surface area (Å²) in [5.41, 5.74) is 0. The zero-order valence-corrected chi connectivity index (χ0v) is 18.7. The fraction of sp³-hybridized carbons (Fsp3) is 0.778. The largest absolute Gasteiger partial charge is 0.349 e. The molecule has 25 heavy (non-hydrogen) atoms. The second-order valence-corrected chi connectivity index (χ2v) is 7.47. The number of nitrogens with zero attached hydrogens (tertiary/aromatic N) is 5. The summed E-state index contributed by atoms with van der Waals surface area (Å²) in [6.07, 6.45) is 3.94. The normalized spacial score (nSPS) is 16.4. The second kappa shape index (κ2) is 11.0. The Morgan fingerprint density at radius 2 is 1.76 bits per heavy atom. The summed E-state index contributed by atoms with van der Waals surface area (Å²) >= 11 is 0. The Hall–Kier alpha value is -0.830. The summed E-state index contributed by atoms with van der Waals surface area (Å²) in [4.78, 5) is 13.8. The van der Waals surface area contributed by atoms with Crippen LogP contribution >= 0.6 is 24.0 Å². The van der Waals surface area contributed by atoms with Gasteiger partial charge in [0.1, 0.15) is 5.82 Å². The van der Waals surface area contributed by atoms with E-state index in [0.29, 0.717) is 5.92 Å². The quantitative estimate of drug-likeness (QED) is 0.401. The Morgan fingerprint density at radius 3 is 2.32 bits per heavy atom. The summed E-state index contributed by atoms with van der Waals surface area (Å²) in [5.74, 6) is 3.40. The number of aromatic nitrogens is 2. The van der Waals surface area contributed by atoms with Crippen molar-refractivity contribution in [2.24, 2.45) is 16.8 Å². The van der Waals surface area contributed by atoms with E-state index >= 15 is 0 Å². The fourth-order valence-electron chi connectivity index (χ4n) is 3.22. The van der Waals surface area contributed by atoms with Crippen molar-refractivity contribution in [3.8, 4) is 0 Å². The van der Waals surface area contributed by atoms with E-state index in [1.165, 1.54) is 6.54 Å². The molecule has 1 aliphatic rings. The van der Waals surface area contributed by atoms with E-state index < -0.39 is 0 Å². The second-order valence-electron chi connectivity index (χ2n) is 7.47. The molecule has 0 atom stereocenters. The molecule has 6 nitrogen and oxygen atoms in total. The van der Waals surface area contributed by atoms with Gasteiger partial charge in [-0.15, -0.1) is 24.0 Å². The highest BCUT2D eigenvalue weighted by Crippen LogP contribution is 2.07. The average Bonchev–Trinajstić information content (AvgIpc) is 2.95. The van der Waals surface area contributed by atoms with Crippen LogP contribution in [0.5, 0.6) is 0 Å². The minimum Gasteiger partial charge on any atom is -0.349 e.